The van der Waals surface area contributed by atoms with Gasteiger partial charge in [0, 0.05) is 18.4 Å². The van der Waals surface area contributed by atoms with E-state index in [-0.39, 0.29) is 0 Å². The summed E-state index contributed by atoms with van der Waals surface area (Å²) in [6.07, 6.45) is 6.62. The fraction of sp³-hybridized carbons (Fsp3) is 0.917. The van der Waals surface area contributed by atoms with Gasteiger partial charge in [0.1, 0.15) is 0 Å². The van der Waals surface area contributed by atoms with Crippen LogP contribution in [0.25, 0.3) is 0 Å². The lowest BCUT2D eigenvalue weighted by atomic mass is 10.1. The maximum Gasteiger partial charge on any atom is 0.156 e. The third-order valence-corrected chi connectivity index (χ3v) is 4.50. The molecule has 1 fully saturated rings. The van der Waals surface area contributed by atoms with E-state index in [4.69, 9.17) is 4.74 Å². The summed E-state index contributed by atoms with van der Waals surface area (Å²) in [6.45, 7) is 5.18. The topological polar surface area (TPSA) is 33.6 Å². The Morgan fingerprint density at radius 2 is 2.44 bits per heavy atom. The molecule has 0 saturated carbocycles. The van der Waals surface area contributed by atoms with Crippen molar-refractivity contribution in [2.24, 2.45) is 4.99 Å². The second-order valence-electron chi connectivity index (χ2n) is 4.50. The van der Waals surface area contributed by atoms with Gasteiger partial charge in [0.05, 0.1) is 12.6 Å². The predicted octanol–water partition coefficient (Wildman–Crippen LogP) is 2.42. The van der Waals surface area contributed by atoms with Crippen LogP contribution < -0.4 is 5.32 Å². The van der Waals surface area contributed by atoms with E-state index in [0.717, 1.165) is 31.3 Å². The van der Waals surface area contributed by atoms with Crippen LogP contribution in [0.3, 0.4) is 0 Å². The molecule has 0 spiro atoms. The molecule has 16 heavy (non-hydrogen) atoms. The van der Waals surface area contributed by atoms with Crippen molar-refractivity contribution in [3.05, 3.63) is 0 Å². The fourth-order valence-electron chi connectivity index (χ4n) is 2.10. The van der Waals surface area contributed by atoms with Crippen LogP contribution >= 0.6 is 11.8 Å². The zero-order chi connectivity index (χ0) is 11.2. The Kier molecular flexibility index (Phi) is 4.97. The van der Waals surface area contributed by atoms with Crippen LogP contribution in [0, 0.1) is 0 Å². The van der Waals surface area contributed by atoms with Gasteiger partial charge in [-0.2, -0.15) is 0 Å². The van der Waals surface area contributed by atoms with Crippen LogP contribution in [0.5, 0.6) is 0 Å². The van der Waals surface area contributed by atoms with Gasteiger partial charge in [-0.15, -0.1) is 0 Å². The Labute approximate surface area is 102 Å². The molecule has 1 N–H and O–H groups in total. The van der Waals surface area contributed by atoms with Crippen LogP contribution in [0.4, 0.5) is 0 Å². The standard InChI is InChI=1S/C12H22N2OS/c1-2-11-9-14-12(16-11)13-7-6-10-5-3-4-8-15-10/h10-11H,2-9H2,1H3,(H,13,14). The normalized spacial score (nSPS) is 30.2. The molecule has 2 unspecified atom stereocenters. The highest BCUT2D eigenvalue weighted by Crippen LogP contribution is 2.22. The van der Waals surface area contributed by atoms with Crippen LogP contribution in [-0.4, -0.2) is 36.2 Å². The molecule has 2 heterocycles. The van der Waals surface area contributed by atoms with Gasteiger partial charge in [-0.25, -0.2) is 0 Å². The largest absolute Gasteiger partial charge is 0.378 e. The first-order chi connectivity index (χ1) is 7.88. The van der Waals surface area contributed by atoms with E-state index < -0.39 is 0 Å². The summed E-state index contributed by atoms with van der Waals surface area (Å²) in [5.41, 5.74) is 0. The predicted molar refractivity (Wildman–Crippen MR) is 70.2 cm³/mol. The van der Waals surface area contributed by atoms with Gasteiger partial charge in [-0.1, -0.05) is 18.7 Å². The number of ether oxygens (including phenoxy) is 1. The lowest BCUT2D eigenvalue weighted by Crippen LogP contribution is -2.27. The minimum absolute atomic E-state index is 0.482. The molecule has 0 aromatic rings. The van der Waals surface area contributed by atoms with Crippen LogP contribution in [0.15, 0.2) is 4.99 Å². The molecule has 0 radical (unpaired) electrons. The monoisotopic (exact) mass is 242 g/mol. The van der Waals surface area contributed by atoms with E-state index in [1.807, 2.05) is 11.8 Å². The van der Waals surface area contributed by atoms with E-state index >= 15 is 0 Å². The summed E-state index contributed by atoms with van der Waals surface area (Å²) in [5, 5.41) is 5.27. The van der Waals surface area contributed by atoms with Crippen molar-refractivity contribution in [2.75, 3.05) is 19.7 Å². The second kappa shape index (κ2) is 6.50. The van der Waals surface area contributed by atoms with Gasteiger partial charge in [-0.3, -0.25) is 4.99 Å². The number of thioether (sulfide) groups is 1. The molecule has 0 aromatic carbocycles. The van der Waals surface area contributed by atoms with Crippen molar-refractivity contribution in [1.29, 1.82) is 0 Å². The van der Waals surface area contributed by atoms with E-state index in [2.05, 4.69) is 17.2 Å². The number of hydrogen-bond acceptors (Lipinski definition) is 4. The third-order valence-electron chi connectivity index (χ3n) is 3.19. The van der Waals surface area contributed by atoms with Crippen molar-refractivity contribution < 1.29 is 4.74 Å². The number of rotatable bonds is 4. The Morgan fingerprint density at radius 3 is 3.12 bits per heavy atom. The Balaban J connectivity index is 1.57. The minimum Gasteiger partial charge on any atom is -0.378 e. The zero-order valence-electron chi connectivity index (χ0n) is 10.1. The first-order valence-electron chi connectivity index (χ1n) is 6.45. The van der Waals surface area contributed by atoms with E-state index in [1.165, 1.54) is 25.7 Å². The molecule has 4 heteroatoms. The summed E-state index contributed by atoms with van der Waals surface area (Å²) in [6, 6.07) is 0. The van der Waals surface area contributed by atoms with Gasteiger partial charge >= 0.3 is 0 Å². The summed E-state index contributed by atoms with van der Waals surface area (Å²) in [4.78, 5) is 4.50. The highest BCUT2D eigenvalue weighted by Gasteiger charge is 2.18. The molecule has 2 atom stereocenters. The van der Waals surface area contributed by atoms with E-state index in [0.29, 0.717) is 11.4 Å². The highest BCUT2D eigenvalue weighted by molar-refractivity contribution is 8.14. The summed E-state index contributed by atoms with van der Waals surface area (Å²) in [7, 11) is 0. The lowest BCUT2D eigenvalue weighted by molar-refractivity contribution is 0.0122. The average molecular weight is 242 g/mol. The first-order valence-corrected chi connectivity index (χ1v) is 7.33. The van der Waals surface area contributed by atoms with Gasteiger partial charge in [0.15, 0.2) is 5.17 Å². The third kappa shape index (κ3) is 3.67. The molecule has 0 bridgehead atoms. The molecule has 0 amide bonds. The van der Waals surface area contributed by atoms with Crippen LogP contribution in [0.2, 0.25) is 0 Å². The number of nitrogens with one attached hydrogen (secondary N) is 1. The van der Waals surface area contributed by atoms with Crippen molar-refractivity contribution in [3.8, 4) is 0 Å². The second-order valence-corrected chi connectivity index (χ2v) is 5.79. The molecule has 1 saturated heterocycles. The maximum absolute atomic E-state index is 5.70. The number of aliphatic imine (C=N–C) groups is 1. The minimum atomic E-state index is 0.482. The van der Waals surface area contributed by atoms with E-state index in [9.17, 15) is 0 Å². The fourth-order valence-corrected chi connectivity index (χ4v) is 3.07. The summed E-state index contributed by atoms with van der Waals surface area (Å²) >= 11 is 1.90. The quantitative estimate of drug-likeness (QED) is 0.822. The van der Waals surface area contributed by atoms with Gasteiger partial charge in [0.2, 0.25) is 0 Å². The molecular formula is C12H22N2OS. The van der Waals surface area contributed by atoms with E-state index in [1.54, 1.807) is 0 Å². The summed E-state index contributed by atoms with van der Waals surface area (Å²) in [5.74, 6) is 0. The molecule has 2 aliphatic heterocycles. The molecule has 92 valence electrons. The lowest BCUT2D eigenvalue weighted by Gasteiger charge is -2.22. The smallest absolute Gasteiger partial charge is 0.156 e. The molecular weight excluding hydrogens is 220 g/mol. The Hall–Kier alpha value is -0.220. The van der Waals surface area contributed by atoms with Gasteiger partial charge < -0.3 is 10.1 Å². The van der Waals surface area contributed by atoms with Crippen molar-refractivity contribution >= 4 is 16.9 Å². The van der Waals surface area contributed by atoms with Gasteiger partial charge in [0.25, 0.3) is 0 Å². The van der Waals surface area contributed by atoms with Crippen molar-refractivity contribution in [1.82, 2.24) is 5.32 Å². The highest BCUT2D eigenvalue weighted by atomic mass is 32.2. The molecule has 0 aliphatic carbocycles. The Bertz CT molecular complexity index is 239. The maximum atomic E-state index is 5.70. The van der Waals surface area contributed by atoms with Crippen molar-refractivity contribution in [2.45, 2.75) is 50.4 Å². The first kappa shape index (κ1) is 12.2. The molecule has 2 rings (SSSR count). The SMILES string of the molecule is CCC1CN=C(NCCC2CCCCO2)S1. The number of amidine groups is 1. The van der Waals surface area contributed by atoms with Crippen molar-refractivity contribution in [3.63, 3.8) is 0 Å². The molecule has 0 aromatic heterocycles. The van der Waals surface area contributed by atoms with Gasteiger partial charge in [-0.05, 0) is 32.1 Å². The average Bonchev–Trinajstić information content (AvgIpc) is 2.78. The van der Waals surface area contributed by atoms with Crippen LogP contribution in [0.1, 0.15) is 39.0 Å². The summed E-state index contributed by atoms with van der Waals surface area (Å²) < 4.78 is 5.70. The van der Waals surface area contributed by atoms with Crippen LogP contribution in [-0.2, 0) is 4.74 Å². The molecule has 3 nitrogen and oxygen atoms in total. The number of nitrogens with zero attached hydrogens (tertiary/aromatic N) is 1. The zero-order valence-corrected chi connectivity index (χ0v) is 10.9. The Morgan fingerprint density at radius 1 is 1.50 bits per heavy atom. The number of hydrogen-bond donors (Lipinski definition) is 1. The molecule has 2 aliphatic rings.